The zero-order chi connectivity index (χ0) is 22.5. The highest BCUT2D eigenvalue weighted by atomic mass is 16.5. The third kappa shape index (κ3) is 4.89. The van der Waals surface area contributed by atoms with Gasteiger partial charge in [-0.2, -0.15) is 5.26 Å². The summed E-state index contributed by atoms with van der Waals surface area (Å²) in [4.78, 5) is 21.1. The molecule has 1 saturated heterocycles. The van der Waals surface area contributed by atoms with Gasteiger partial charge in [-0.15, -0.1) is 0 Å². The molecule has 164 valence electrons. The van der Waals surface area contributed by atoms with Crippen LogP contribution in [0, 0.1) is 25.2 Å². The van der Waals surface area contributed by atoms with E-state index < -0.39 is 0 Å². The fraction of sp³-hybridized carbons (Fsp3) is 0.333. The molecule has 0 aliphatic carbocycles. The van der Waals surface area contributed by atoms with Gasteiger partial charge in [0.05, 0.1) is 29.3 Å². The summed E-state index contributed by atoms with van der Waals surface area (Å²) in [5.74, 6) is 2.39. The average molecular weight is 431 g/mol. The fourth-order valence-electron chi connectivity index (χ4n) is 3.70. The summed E-state index contributed by atoms with van der Waals surface area (Å²) in [6, 6.07) is 13.2. The van der Waals surface area contributed by atoms with E-state index >= 15 is 0 Å². The molecule has 0 bridgehead atoms. The number of ether oxygens (including phenoxy) is 1. The van der Waals surface area contributed by atoms with Crippen molar-refractivity contribution >= 4 is 11.7 Å². The predicted molar refractivity (Wildman–Crippen MR) is 118 cm³/mol. The molecule has 2 aromatic heterocycles. The summed E-state index contributed by atoms with van der Waals surface area (Å²) in [6.45, 7) is 6.82. The number of hydrogen-bond donors (Lipinski definition) is 0. The Hall–Kier alpha value is -3.86. The number of aromatic nitrogens is 2. The van der Waals surface area contributed by atoms with Crippen LogP contribution in [0.1, 0.15) is 28.1 Å². The van der Waals surface area contributed by atoms with E-state index in [1.54, 1.807) is 18.3 Å². The third-order valence-corrected chi connectivity index (χ3v) is 5.67. The number of hydrogen-bond acceptors (Lipinski definition) is 7. The van der Waals surface area contributed by atoms with Crippen molar-refractivity contribution in [1.29, 1.82) is 5.26 Å². The lowest BCUT2D eigenvalue weighted by atomic mass is 10.1. The standard InChI is InChI=1S/C24H25N5O3/c1-17-22(18(2)32-27-17)16-31-21-5-3-19(4-6-21)14-24(30)29-11-9-28(10-12-29)23-13-20(15-25)7-8-26-23/h3-8,13H,9-12,14,16H2,1-2H3. The van der Waals surface area contributed by atoms with Crippen LogP contribution in [0.5, 0.6) is 5.75 Å². The summed E-state index contributed by atoms with van der Waals surface area (Å²) in [7, 11) is 0. The molecule has 0 spiro atoms. The normalized spacial score (nSPS) is 13.7. The largest absolute Gasteiger partial charge is 0.489 e. The van der Waals surface area contributed by atoms with E-state index in [-0.39, 0.29) is 5.91 Å². The Morgan fingerprint density at radius 2 is 1.91 bits per heavy atom. The van der Waals surface area contributed by atoms with Crippen molar-refractivity contribution in [3.8, 4) is 11.8 Å². The first-order valence-corrected chi connectivity index (χ1v) is 10.6. The highest BCUT2D eigenvalue weighted by Crippen LogP contribution is 2.19. The first-order valence-electron chi connectivity index (χ1n) is 10.6. The highest BCUT2D eigenvalue weighted by Gasteiger charge is 2.22. The minimum atomic E-state index is 0.104. The number of piperazine rings is 1. The molecule has 32 heavy (non-hydrogen) atoms. The van der Waals surface area contributed by atoms with Crippen molar-refractivity contribution in [2.24, 2.45) is 0 Å². The van der Waals surface area contributed by atoms with Gasteiger partial charge in [0.1, 0.15) is 23.9 Å². The van der Waals surface area contributed by atoms with Gasteiger partial charge in [0.15, 0.2) is 0 Å². The molecule has 4 rings (SSSR count). The number of amides is 1. The molecular weight excluding hydrogens is 406 g/mol. The first kappa shape index (κ1) is 21.4. The van der Waals surface area contributed by atoms with E-state index in [2.05, 4.69) is 21.1 Å². The number of rotatable bonds is 6. The third-order valence-electron chi connectivity index (χ3n) is 5.67. The number of anilines is 1. The molecule has 0 radical (unpaired) electrons. The number of aryl methyl sites for hydroxylation is 2. The minimum absolute atomic E-state index is 0.104. The Kier molecular flexibility index (Phi) is 6.36. The number of pyridine rings is 1. The Morgan fingerprint density at radius 3 is 2.56 bits per heavy atom. The van der Waals surface area contributed by atoms with Crippen LogP contribution in [0.3, 0.4) is 0 Å². The molecular formula is C24H25N5O3. The van der Waals surface area contributed by atoms with Gasteiger partial charge >= 0.3 is 0 Å². The van der Waals surface area contributed by atoms with Crippen LogP contribution in [0.2, 0.25) is 0 Å². The van der Waals surface area contributed by atoms with Crippen LogP contribution in [-0.4, -0.2) is 47.1 Å². The lowest BCUT2D eigenvalue weighted by Gasteiger charge is -2.35. The van der Waals surface area contributed by atoms with Crippen LogP contribution in [0.4, 0.5) is 5.82 Å². The zero-order valence-electron chi connectivity index (χ0n) is 18.2. The second kappa shape index (κ2) is 9.52. The van der Waals surface area contributed by atoms with Crippen LogP contribution in [0.15, 0.2) is 47.1 Å². The Labute approximate surface area is 187 Å². The van der Waals surface area contributed by atoms with E-state index in [0.29, 0.717) is 44.8 Å². The number of nitrogens with zero attached hydrogens (tertiary/aromatic N) is 5. The molecule has 0 atom stereocenters. The number of carbonyl (C=O) groups excluding carboxylic acids is 1. The summed E-state index contributed by atoms with van der Waals surface area (Å²) in [5.41, 5.74) is 3.33. The van der Waals surface area contributed by atoms with Gasteiger partial charge in [-0.3, -0.25) is 4.79 Å². The maximum absolute atomic E-state index is 12.8. The molecule has 1 fully saturated rings. The van der Waals surface area contributed by atoms with Crippen LogP contribution >= 0.6 is 0 Å². The Morgan fingerprint density at radius 1 is 1.16 bits per heavy atom. The summed E-state index contributed by atoms with van der Waals surface area (Å²) >= 11 is 0. The average Bonchev–Trinajstić information content (AvgIpc) is 3.15. The van der Waals surface area contributed by atoms with Crippen molar-refractivity contribution in [3.05, 3.63) is 70.7 Å². The van der Waals surface area contributed by atoms with Crippen molar-refractivity contribution in [1.82, 2.24) is 15.0 Å². The molecule has 8 heteroatoms. The molecule has 3 heterocycles. The molecule has 3 aromatic rings. The lowest BCUT2D eigenvalue weighted by Crippen LogP contribution is -2.49. The monoisotopic (exact) mass is 431 g/mol. The Bertz CT molecular complexity index is 1110. The maximum Gasteiger partial charge on any atom is 0.227 e. The smallest absolute Gasteiger partial charge is 0.227 e. The van der Waals surface area contributed by atoms with E-state index in [1.165, 1.54) is 0 Å². The molecule has 1 aliphatic rings. The van der Waals surface area contributed by atoms with Gasteiger partial charge in [-0.1, -0.05) is 17.3 Å². The highest BCUT2D eigenvalue weighted by molar-refractivity contribution is 5.79. The SMILES string of the molecule is Cc1noc(C)c1COc1ccc(CC(=O)N2CCN(c3cc(C#N)ccn3)CC2)cc1. The molecule has 1 amide bonds. The van der Waals surface area contributed by atoms with E-state index in [1.807, 2.05) is 43.0 Å². The van der Waals surface area contributed by atoms with Crippen molar-refractivity contribution in [2.75, 3.05) is 31.1 Å². The summed E-state index contributed by atoms with van der Waals surface area (Å²) < 4.78 is 11.0. The van der Waals surface area contributed by atoms with Gasteiger partial charge in [0.2, 0.25) is 5.91 Å². The van der Waals surface area contributed by atoms with Gasteiger partial charge in [-0.25, -0.2) is 4.98 Å². The fourth-order valence-corrected chi connectivity index (χ4v) is 3.70. The lowest BCUT2D eigenvalue weighted by molar-refractivity contribution is -0.130. The predicted octanol–water partition coefficient (Wildman–Crippen LogP) is 3.03. The topological polar surface area (TPSA) is 95.5 Å². The summed E-state index contributed by atoms with van der Waals surface area (Å²) in [6.07, 6.45) is 2.00. The number of nitriles is 1. The van der Waals surface area contributed by atoms with Gasteiger partial charge in [0, 0.05) is 32.4 Å². The minimum Gasteiger partial charge on any atom is -0.489 e. The molecule has 0 unspecified atom stereocenters. The summed E-state index contributed by atoms with van der Waals surface area (Å²) in [5, 5.41) is 13.0. The van der Waals surface area contributed by atoms with Crippen molar-refractivity contribution in [2.45, 2.75) is 26.9 Å². The molecule has 0 N–H and O–H groups in total. The quantitative estimate of drug-likeness (QED) is 0.592. The van der Waals surface area contributed by atoms with Gasteiger partial charge in [0.25, 0.3) is 0 Å². The van der Waals surface area contributed by atoms with Crippen LogP contribution in [-0.2, 0) is 17.8 Å². The van der Waals surface area contributed by atoms with Gasteiger partial charge < -0.3 is 19.1 Å². The molecule has 0 saturated carbocycles. The second-order valence-corrected chi connectivity index (χ2v) is 7.79. The van der Waals surface area contributed by atoms with Gasteiger partial charge in [-0.05, 0) is 43.7 Å². The van der Waals surface area contributed by atoms with E-state index in [0.717, 1.165) is 34.1 Å². The number of benzene rings is 1. The van der Waals surface area contributed by atoms with E-state index in [4.69, 9.17) is 14.5 Å². The zero-order valence-corrected chi connectivity index (χ0v) is 18.2. The first-order chi connectivity index (χ1) is 15.5. The Balaban J connectivity index is 1.27. The van der Waals surface area contributed by atoms with E-state index in [9.17, 15) is 4.79 Å². The second-order valence-electron chi connectivity index (χ2n) is 7.79. The van der Waals surface area contributed by atoms with Crippen molar-refractivity contribution in [3.63, 3.8) is 0 Å². The van der Waals surface area contributed by atoms with Crippen molar-refractivity contribution < 1.29 is 14.1 Å². The number of carbonyl (C=O) groups is 1. The van der Waals surface area contributed by atoms with Crippen LogP contribution < -0.4 is 9.64 Å². The molecule has 1 aromatic carbocycles. The molecule has 8 nitrogen and oxygen atoms in total. The maximum atomic E-state index is 12.8. The molecule has 1 aliphatic heterocycles. The van der Waals surface area contributed by atoms with Crippen LogP contribution in [0.25, 0.3) is 0 Å².